The highest BCUT2D eigenvalue weighted by Crippen LogP contribution is 2.38. The molecule has 2 heterocycles. The van der Waals surface area contributed by atoms with Crippen molar-refractivity contribution >= 4 is 10.9 Å². The van der Waals surface area contributed by atoms with Crippen molar-refractivity contribution in [2.75, 3.05) is 20.3 Å². The summed E-state index contributed by atoms with van der Waals surface area (Å²) in [6.45, 7) is -0.422. The van der Waals surface area contributed by atoms with Crippen LogP contribution in [0, 0.1) is 0 Å². The summed E-state index contributed by atoms with van der Waals surface area (Å²) in [5.41, 5.74) is 4.00. The third-order valence-electron chi connectivity index (χ3n) is 4.79. The maximum Gasteiger partial charge on any atom is 0.223 e. The van der Waals surface area contributed by atoms with Crippen LogP contribution in [-0.2, 0) is 0 Å². The Labute approximate surface area is 162 Å². The van der Waals surface area contributed by atoms with Crippen molar-refractivity contribution in [3.05, 3.63) is 67.0 Å². The molecule has 6 nitrogen and oxygen atoms in total. The van der Waals surface area contributed by atoms with E-state index in [1.807, 2.05) is 60.7 Å². The maximum atomic E-state index is 9.77. The summed E-state index contributed by atoms with van der Waals surface area (Å²) >= 11 is 0. The van der Waals surface area contributed by atoms with Crippen molar-refractivity contribution in [2.24, 2.45) is 0 Å². The van der Waals surface area contributed by atoms with Gasteiger partial charge in [-0.15, -0.1) is 0 Å². The molecule has 2 aromatic heterocycles. The molecular weight excluding hydrogens is 354 g/mol. The van der Waals surface area contributed by atoms with Crippen LogP contribution in [0.4, 0.5) is 0 Å². The van der Waals surface area contributed by atoms with Gasteiger partial charge in [0, 0.05) is 10.9 Å². The van der Waals surface area contributed by atoms with Gasteiger partial charge in [-0.05, 0) is 12.1 Å². The van der Waals surface area contributed by atoms with Crippen LogP contribution in [0.3, 0.4) is 0 Å². The number of aromatic nitrogens is 3. The maximum absolute atomic E-state index is 9.77. The molecule has 0 unspecified atom stereocenters. The molecule has 2 aromatic carbocycles. The number of fused-ring (bicyclic) bond motifs is 1. The summed E-state index contributed by atoms with van der Waals surface area (Å²) in [7, 11) is 1.58. The second-order valence-corrected chi connectivity index (χ2v) is 6.47. The minimum absolute atomic E-state index is 0.211. The van der Waals surface area contributed by atoms with Crippen LogP contribution >= 0.6 is 0 Å². The van der Waals surface area contributed by atoms with E-state index in [0.29, 0.717) is 5.88 Å². The first-order chi connectivity index (χ1) is 13.8. The van der Waals surface area contributed by atoms with Gasteiger partial charge >= 0.3 is 0 Å². The van der Waals surface area contributed by atoms with Gasteiger partial charge in [0.1, 0.15) is 0 Å². The smallest absolute Gasteiger partial charge is 0.223 e. The molecule has 0 spiro atoms. The second kappa shape index (κ2) is 7.80. The number of imidazole rings is 1. The predicted molar refractivity (Wildman–Crippen MR) is 108 cm³/mol. The third kappa shape index (κ3) is 3.13. The summed E-state index contributed by atoms with van der Waals surface area (Å²) in [6.07, 6.45) is 1.64. The van der Waals surface area contributed by atoms with Crippen molar-refractivity contribution in [3.8, 4) is 28.4 Å². The molecule has 0 aliphatic rings. The molecule has 2 N–H and O–H groups in total. The van der Waals surface area contributed by atoms with Crippen molar-refractivity contribution in [1.82, 2.24) is 14.5 Å². The molecule has 142 valence electrons. The average Bonchev–Trinajstić information content (AvgIpc) is 3.19. The van der Waals surface area contributed by atoms with Crippen LogP contribution in [0.15, 0.2) is 67.0 Å². The Hall–Kier alpha value is -3.22. The van der Waals surface area contributed by atoms with Gasteiger partial charge in [-0.3, -0.25) is 0 Å². The number of aliphatic hydroxyl groups is 2. The summed E-state index contributed by atoms with van der Waals surface area (Å²) in [5.74, 6) is 0.465. The number of nitrogens with zero attached hydrogens (tertiary/aromatic N) is 3. The Kier molecular flexibility index (Phi) is 5.06. The van der Waals surface area contributed by atoms with E-state index in [1.54, 1.807) is 18.0 Å². The van der Waals surface area contributed by atoms with Crippen molar-refractivity contribution < 1.29 is 14.9 Å². The van der Waals surface area contributed by atoms with Crippen LogP contribution in [0.25, 0.3) is 33.4 Å². The molecule has 4 aromatic rings. The monoisotopic (exact) mass is 375 g/mol. The van der Waals surface area contributed by atoms with E-state index in [2.05, 4.69) is 9.97 Å². The molecule has 0 radical (unpaired) electrons. The third-order valence-corrected chi connectivity index (χ3v) is 4.79. The Morgan fingerprint density at radius 2 is 1.71 bits per heavy atom. The average molecular weight is 375 g/mol. The number of para-hydroxylation sites is 1. The Morgan fingerprint density at radius 1 is 1.00 bits per heavy atom. The highest BCUT2D eigenvalue weighted by Gasteiger charge is 2.23. The molecule has 4 rings (SSSR count). The first-order valence-corrected chi connectivity index (χ1v) is 9.05. The number of rotatable bonds is 6. The zero-order valence-electron chi connectivity index (χ0n) is 15.5. The topological polar surface area (TPSA) is 80.4 Å². The normalized spacial score (nSPS) is 11.3. The molecule has 0 atom stereocenters. The summed E-state index contributed by atoms with van der Waals surface area (Å²) in [5, 5.41) is 20.5. The minimum Gasteiger partial charge on any atom is -0.480 e. The molecule has 0 fully saturated rings. The van der Waals surface area contributed by atoms with Crippen LogP contribution < -0.4 is 4.74 Å². The lowest BCUT2D eigenvalue weighted by atomic mass is 10.0. The first-order valence-electron chi connectivity index (χ1n) is 9.05. The number of methoxy groups -OCH3 is 1. The number of hydrogen-bond acceptors (Lipinski definition) is 5. The zero-order valence-corrected chi connectivity index (χ0v) is 15.5. The van der Waals surface area contributed by atoms with Crippen molar-refractivity contribution in [1.29, 1.82) is 0 Å². The van der Waals surface area contributed by atoms with Gasteiger partial charge in [0.25, 0.3) is 0 Å². The Morgan fingerprint density at radius 3 is 2.43 bits per heavy atom. The lowest BCUT2D eigenvalue weighted by Gasteiger charge is -2.19. The molecule has 0 bridgehead atoms. The van der Waals surface area contributed by atoms with E-state index in [0.717, 1.165) is 33.4 Å². The van der Waals surface area contributed by atoms with E-state index in [1.165, 1.54) is 0 Å². The summed E-state index contributed by atoms with van der Waals surface area (Å²) < 4.78 is 7.38. The summed E-state index contributed by atoms with van der Waals surface area (Å²) in [6, 6.07) is 19.1. The van der Waals surface area contributed by atoms with E-state index < -0.39 is 6.04 Å². The van der Waals surface area contributed by atoms with E-state index >= 15 is 0 Å². The van der Waals surface area contributed by atoms with Crippen LogP contribution in [0.2, 0.25) is 0 Å². The van der Waals surface area contributed by atoms with Gasteiger partial charge in [-0.1, -0.05) is 48.5 Å². The van der Waals surface area contributed by atoms with Gasteiger partial charge in [0.2, 0.25) is 5.88 Å². The molecule has 28 heavy (non-hydrogen) atoms. The van der Waals surface area contributed by atoms with E-state index in [-0.39, 0.29) is 13.2 Å². The van der Waals surface area contributed by atoms with Crippen LogP contribution in [-0.4, -0.2) is 45.1 Å². The van der Waals surface area contributed by atoms with Crippen LogP contribution in [0.1, 0.15) is 6.04 Å². The van der Waals surface area contributed by atoms with Gasteiger partial charge in [-0.25, -0.2) is 9.97 Å². The lowest BCUT2D eigenvalue weighted by molar-refractivity contribution is 0.155. The molecule has 0 aliphatic heterocycles. The van der Waals surface area contributed by atoms with Crippen molar-refractivity contribution in [3.63, 3.8) is 0 Å². The number of ether oxygens (including phenoxy) is 1. The van der Waals surface area contributed by atoms with Gasteiger partial charge in [0.05, 0.1) is 55.2 Å². The standard InChI is InChI=1S/C22H21N3O3/c1-28-22-18(11-16-9-5-6-10-19(16)24-22)21-20(15-7-3-2-4-8-15)23-14-25(21)17(12-26)13-27/h2-11,14,17,26-27H,12-13H2,1H3. The zero-order chi connectivity index (χ0) is 19.5. The predicted octanol–water partition coefficient (Wildman–Crippen LogP) is 3.30. The second-order valence-electron chi connectivity index (χ2n) is 6.47. The fourth-order valence-electron chi connectivity index (χ4n) is 3.37. The van der Waals surface area contributed by atoms with E-state index in [9.17, 15) is 10.2 Å². The van der Waals surface area contributed by atoms with E-state index in [4.69, 9.17) is 4.74 Å². The first kappa shape index (κ1) is 18.2. The number of aliphatic hydroxyl groups excluding tert-OH is 2. The summed E-state index contributed by atoms with van der Waals surface area (Å²) in [4.78, 5) is 9.24. The molecular formula is C22H21N3O3. The SMILES string of the molecule is COc1nc2ccccc2cc1-c1c(-c2ccccc2)ncn1C(CO)CO. The Bertz CT molecular complexity index is 1090. The number of hydrogen-bond donors (Lipinski definition) is 2. The number of benzene rings is 2. The minimum atomic E-state index is -0.517. The van der Waals surface area contributed by atoms with Crippen LogP contribution in [0.5, 0.6) is 5.88 Å². The lowest BCUT2D eigenvalue weighted by Crippen LogP contribution is -2.17. The quantitative estimate of drug-likeness (QED) is 0.540. The molecule has 0 aliphatic carbocycles. The Balaban J connectivity index is 2.02. The molecule has 6 heteroatoms. The molecule has 0 saturated heterocycles. The van der Waals surface area contributed by atoms with Crippen molar-refractivity contribution in [2.45, 2.75) is 6.04 Å². The molecule has 0 saturated carbocycles. The van der Waals surface area contributed by atoms with Gasteiger partial charge < -0.3 is 19.5 Å². The van der Waals surface area contributed by atoms with Gasteiger partial charge in [-0.2, -0.15) is 0 Å². The van der Waals surface area contributed by atoms with Gasteiger partial charge in [0.15, 0.2) is 0 Å². The highest BCUT2D eigenvalue weighted by atomic mass is 16.5. The fraction of sp³-hybridized carbons (Fsp3) is 0.182. The highest BCUT2D eigenvalue weighted by molar-refractivity contribution is 5.89. The molecule has 0 amide bonds. The fourth-order valence-corrected chi connectivity index (χ4v) is 3.37. The largest absolute Gasteiger partial charge is 0.480 e. The number of pyridine rings is 1.